The van der Waals surface area contributed by atoms with E-state index in [1.807, 2.05) is 0 Å². The summed E-state index contributed by atoms with van der Waals surface area (Å²) in [4.78, 5) is 0. The van der Waals surface area contributed by atoms with Gasteiger partial charge in [-0.1, -0.05) is 26.7 Å². The van der Waals surface area contributed by atoms with Gasteiger partial charge in [0, 0.05) is 17.3 Å². The molecule has 0 aromatic rings. The molecular weight excluding hydrogens is 226 g/mol. The Morgan fingerprint density at radius 2 is 1.59 bits per heavy atom. The van der Waals surface area contributed by atoms with Crippen molar-refractivity contribution in [3.05, 3.63) is 0 Å². The fourth-order valence-corrected chi connectivity index (χ4v) is 4.62. The highest BCUT2D eigenvalue weighted by Gasteiger charge is 2.31. The number of hydrogen-bond donors (Lipinski definition) is 1. The molecule has 2 fully saturated rings. The van der Waals surface area contributed by atoms with Gasteiger partial charge in [0.15, 0.2) is 0 Å². The summed E-state index contributed by atoms with van der Waals surface area (Å²) < 4.78 is 0. The minimum Gasteiger partial charge on any atom is -0.311 e. The van der Waals surface area contributed by atoms with Gasteiger partial charge < -0.3 is 5.32 Å². The molecule has 0 heterocycles. The van der Waals surface area contributed by atoms with Crippen LogP contribution in [0.5, 0.6) is 0 Å². The molecule has 1 nitrogen and oxygen atoms in total. The summed E-state index contributed by atoms with van der Waals surface area (Å²) in [6.07, 6.45) is 12.3. The van der Waals surface area contributed by atoms with Crippen LogP contribution in [-0.2, 0) is 0 Å². The van der Waals surface area contributed by atoms with Crippen LogP contribution in [0.3, 0.4) is 0 Å². The Balaban J connectivity index is 1.86. The molecule has 2 aliphatic rings. The lowest BCUT2D eigenvalue weighted by atomic mass is 9.78. The summed E-state index contributed by atoms with van der Waals surface area (Å²) in [6, 6.07) is 1.59. The minimum atomic E-state index is 0.786. The largest absolute Gasteiger partial charge is 0.311 e. The minimum absolute atomic E-state index is 0.786. The second-order valence-corrected chi connectivity index (χ2v) is 7.44. The molecule has 4 unspecified atom stereocenters. The average molecular weight is 255 g/mol. The summed E-state index contributed by atoms with van der Waals surface area (Å²) in [7, 11) is 0. The molecule has 17 heavy (non-hydrogen) atoms. The summed E-state index contributed by atoms with van der Waals surface area (Å²) in [5, 5.41) is 4.92. The topological polar surface area (TPSA) is 12.0 Å². The van der Waals surface area contributed by atoms with Crippen molar-refractivity contribution in [1.29, 1.82) is 0 Å². The second kappa shape index (κ2) is 6.47. The van der Waals surface area contributed by atoms with E-state index in [0.717, 1.165) is 29.2 Å². The third kappa shape index (κ3) is 3.64. The van der Waals surface area contributed by atoms with Crippen molar-refractivity contribution in [2.75, 3.05) is 6.26 Å². The number of hydrogen-bond acceptors (Lipinski definition) is 2. The van der Waals surface area contributed by atoms with E-state index in [1.54, 1.807) is 0 Å². The third-order valence-corrected chi connectivity index (χ3v) is 6.03. The molecule has 2 rings (SSSR count). The maximum Gasteiger partial charge on any atom is 0.0121 e. The molecule has 0 aromatic heterocycles. The molecule has 0 bridgehead atoms. The van der Waals surface area contributed by atoms with Crippen molar-refractivity contribution in [3.8, 4) is 0 Å². The van der Waals surface area contributed by atoms with Gasteiger partial charge >= 0.3 is 0 Å². The lowest BCUT2D eigenvalue weighted by Gasteiger charge is -2.40. The van der Waals surface area contributed by atoms with Crippen molar-refractivity contribution in [2.24, 2.45) is 11.8 Å². The number of nitrogens with one attached hydrogen (secondary N) is 1. The first-order valence-electron chi connectivity index (χ1n) is 7.49. The Labute approximate surface area is 112 Å². The molecule has 0 aliphatic heterocycles. The van der Waals surface area contributed by atoms with Crippen molar-refractivity contribution in [3.63, 3.8) is 0 Å². The van der Waals surface area contributed by atoms with Gasteiger partial charge in [0.2, 0.25) is 0 Å². The third-order valence-electron chi connectivity index (χ3n) is 4.93. The quantitative estimate of drug-likeness (QED) is 0.815. The van der Waals surface area contributed by atoms with Gasteiger partial charge in [-0.25, -0.2) is 0 Å². The van der Waals surface area contributed by atoms with Crippen molar-refractivity contribution < 1.29 is 0 Å². The van der Waals surface area contributed by atoms with Crippen LogP contribution >= 0.6 is 11.8 Å². The van der Waals surface area contributed by atoms with Gasteiger partial charge in [-0.2, -0.15) is 11.8 Å². The van der Waals surface area contributed by atoms with Crippen LogP contribution in [-0.4, -0.2) is 23.6 Å². The van der Waals surface area contributed by atoms with E-state index in [4.69, 9.17) is 0 Å². The van der Waals surface area contributed by atoms with Crippen LogP contribution in [0.2, 0.25) is 0 Å². The normalized spacial score (nSPS) is 43.6. The maximum absolute atomic E-state index is 4.01. The predicted octanol–water partition coefficient (Wildman–Crippen LogP) is 4.07. The van der Waals surface area contributed by atoms with Gasteiger partial charge in [-0.05, 0) is 50.2 Å². The Kier molecular flexibility index (Phi) is 5.23. The Hall–Kier alpha value is 0.310. The van der Waals surface area contributed by atoms with Crippen molar-refractivity contribution in [1.82, 2.24) is 5.32 Å². The molecule has 2 heteroatoms. The van der Waals surface area contributed by atoms with E-state index in [2.05, 4.69) is 37.2 Å². The monoisotopic (exact) mass is 255 g/mol. The summed E-state index contributed by atoms with van der Waals surface area (Å²) in [6.45, 7) is 4.89. The Morgan fingerprint density at radius 3 is 2.24 bits per heavy atom. The van der Waals surface area contributed by atoms with Gasteiger partial charge in [0.1, 0.15) is 0 Å². The summed E-state index contributed by atoms with van der Waals surface area (Å²) in [5.41, 5.74) is 0. The molecule has 1 N–H and O–H groups in total. The molecule has 0 radical (unpaired) electrons. The fraction of sp³-hybridized carbons (Fsp3) is 1.00. The van der Waals surface area contributed by atoms with Crippen LogP contribution in [0.4, 0.5) is 0 Å². The number of thioether (sulfide) groups is 1. The molecule has 0 spiro atoms. The van der Waals surface area contributed by atoms with Crippen LogP contribution < -0.4 is 5.32 Å². The van der Waals surface area contributed by atoms with Crippen molar-refractivity contribution >= 4 is 11.8 Å². The number of rotatable bonds is 3. The highest BCUT2D eigenvalue weighted by atomic mass is 32.2. The van der Waals surface area contributed by atoms with E-state index >= 15 is 0 Å². The average Bonchev–Trinajstić information content (AvgIpc) is 2.34. The second-order valence-electron chi connectivity index (χ2n) is 6.30. The van der Waals surface area contributed by atoms with E-state index in [0.29, 0.717) is 0 Å². The van der Waals surface area contributed by atoms with Gasteiger partial charge in [0.25, 0.3) is 0 Å². The Bertz CT molecular complexity index is 221. The zero-order valence-corrected chi connectivity index (χ0v) is 12.6. The maximum atomic E-state index is 4.01. The fourth-order valence-electron chi connectivity index (χ4n) is 3.79. The molecule has 2 aliphatic carbocycles. The summed E-state index contributed by atoms with van der Waals surface area (Å²) >= 11 is 2.07. The van der Waals surface area contributed by atoms with Gasteiger partial charge in [-0.3, -0.25) is 0 Å². The van der Waals surface area contributed by atoms with E-state index in [1.165, 1.54) is 44.9 Å². The first kappa shape index (κ1) is 13.7. The van der Waals surface area contributed by atoms with Crippen LogP contribution in [0.1, 0.15) is 58.8 Å². The summed E-state index contributed by atoms with van der Waals surface area (Å²) in [5.74, 6) is 1.77. The van der Waals surface area contributed by atoms with Crippen LogP contribution in [0.25, 0.3) is 0 Å². The lowest BCUT2D eigenvalue weighted by Crippen LogP contribution is -2.49. The van der Waals surface area contributed by atoms with Gasteiger partial charge in [-0.15, -0.1) is 0 Å². The standard InChI is InChI=1S/C15H29NS/c1-11-6-4-7-12(2)15(11)16-13-8-5-9-14(10-13)17-3/h11-16H,4-10H2,1-3H3. The molecule has 2 saturated carbocycles. The van der Waals surface area contributed by atoms with E-state index in [9.17, 15) is 0 Å². The first-order chi connectivity index (χ1) is 8.20. The van der Waals surface area contributed by atoms with E-state index in [-0.39, 0.29) is 0 Å². The first-order valence-corrected chi connectivity index (χ1v) is 8.78. The molecule has 0 amide bonds. The highest BCUT2D eigenvalue weighted by Crippen LogP contribution is 2.32. The molecule has 0 saturated heterocycles. The predicted molar refractivity (Wildman–Crippen MR) is 78.7 cm³/mol. The Morgan fingerprint density at radius 1 is 0.941 bits per heavy atom. The van der Waals surface area contributed by atoms with Crippen LogP contribution in [0.15, 0.2) is 0 Å². The molecule has 100 valence electrons. The molecular formula is C15H29NS. The zero-order chi connectivity index (χ0) is 12.3. The highest BCUT2D eigenvalue weighted by molar-refractivity contribution is 7.99. The molecule has 0 aromatic carbocycles. The van der Waals surface area contributed by atoms with E-state index < -0.39 is 0 Å². The zero-order valence-electron chi connectivity index (χ0n) is 11.7. The lowest BCUT2D eigenvalue weighted by molar-refractivity contribution is 0.180. The SMILES string of the molecule is CSC1CCCC(NC2C(C)CCCC2C)C1. The smallest absolute Gasteiger partial charge is 0.0121 e. The van der Waals surface area contributed by atoms with Gasteiger partial charge in [0.05, 0.1) is 0 Å². The van der Waals surface area contributed by atoms with Crippen LogP contribution in [0, 0.1) is 11.8 Å². The molecule has 4 atom stereocenters. The van der Waals surface area contributed by atoms with Crippen molar-refractivity contribution in [2.45, 2.75) is 76.1 Å².